The fraction of sp³-hybridized carbons (Fsp3) is 0.435. The van der Waals surface area contributed by atoms with Crippen LogP contribution >= 0.6 is 0 Å². The summed E-state index contributed by atoms with van der Waals surface area (Å²) < 4.78 is 27.9. The van der Waals surface area contributed by atoms with Crippen LogP contribution in [0.2, 0.25) is 0 Å². The first kappa shape index (κ1) is 20.1. The first-order chi connectivity index (χ1) is 14.0. The molecule has 1 atom stereocenters. The molecule has 0 saturated carbocycles. The molecular formula is C23H28N2O3S. The number of aryl methyl sites for hydroxylation is 1. The van der Waals surface area contributed by atoms with E-state index in [0.29, 0.717) is 18.7 Å². The molecule has 4 rings (SSSR count). The third-order valence-electron chi connectivity index (χ3n) is 6.03. The van der Waals surface area contributed by atoms with Crippen LogP contribution in [0.25, 0.3) is 0 Å². The zero-order valence-corrected chi connectivity index (χ0v) is 17.7. The molecule has 1 fully saturated rings. The lowest BCUT2D eigenvalue weighted by molar-refractivity contribution is 0.0975. The van der Waals surface area contributed by atoms with Gasteiger partial charge in [0, 0.05) is 30.4 Å². The molecule has 5 nitrogen and oxygen atoms in total. The van der Waals surface area contributed by atoms with E-state index in [-0.39, 0.29) is 16.8 Å². The van der Waals surface area contributed by atoms with Crippen molar-refractivity contribution in [3.05, 3.63) is 59.7 Å². The molecule has 0 N–H and O–H groups in total. The van der Waals surface area contributed by atoms with E-state index < -0.39 is 10.0 Å². The lowest BCUT2D eigenvalue weighted by atomic mass is 9.96. The number of carbonyl (C=O) groups excluding carboxylic acids is 1. The maximum atomic E-state index is 13.4. The van der Waals surface area contributed by atoms with Crippen LogP contribution in [-0.4, -0.2) is 37.8 Å². The summed E-state index contributed by atoms with van der Waals surface area (Å²) in [6.45, 7) is 3.15. The normalized spacial score (nSPS) is 20.7. The van der Waals surface area contributed by atoms with E-state index in [4.69, 9.17) is 0 Å². The topological polar surface area (TPSA) is 57.7 Å². The van der Waals surface area contributed by atoms with Gasteiger partial charge >= 0.3 is 0 Å². The largest absolute Gasteiger partial charge is 0.305 e. The van der Waals surface area contributed by atoms with Gasteiger partial charge in [-0.15, -0.1) is 0 Å². The molecule has 2 aliphatic rings. The third-order valence-corrected chi connectivity index (χ3v) is 7.92. The Morgan fingerprint density at radius 2 is 1.69 bits per heavy atom. The lowest BCUT2D eigenvalue weighted by Gasteiger charge is -2.35. The smallest absolute Gasteiger partial charge is 0.258 e. The minimum atomic E-state index is -3.58. The summed E-state index contributed by atoms with van der Waals surface area (Å²) in [5.41, 5.74) is 2.51. The summed E-state index contributed by atoms with van der Waals surface area (Å²) in [4.78, 5) is 15.4. The number of para-hydroxylation sites is 1. The SMILES string of the molecule is CC1CCc2ccccc2N1C(=O)c1cccc(S(=O)(=O)N2CCCCCC2)c1. The minimum absolute atomic E-state index is 0.0725. The van der Waals surface area contributed by atoms with Crippen molar-refractivity contribution in [2.45, 2.75) is 56.4 Å². The number of carbonyl (C=O) groups is 1. The Kier molecular flexibility index (Phi) is 5.74. The summed E-state index contributed by atoms with van der Waals surface area (Å²) >= 11 is 0. The number of rotatable bonds is 3. The first-order valence-corrected chi connectivity index (χ1v) is 11.9. The van der Waals surface area contributed by atoms with Crippen LogP contribution in [0, 0.1) is 0 Å². The van der Waals surface area contributed by atoms with Gasteiger partial charge in [-0.1, -0.05) is 37.1 Å². The van der Waals surface area contributed by atoms with E-state index in [9.17, 15) is 13.2 Å². The van der Waals surface area contributed by atoms with Gasteiger partial charge in [0.05, 0.1) is 4.90 Å². The maximum Gasteiger partial charge on any atom is 0.258 e. The highest BCUT2D eigenvalue weighted by atomic mass is 32.2. The highest BCUT2D eigenvalue weighted by molar-refractivity contribution is 7.89. The van der Waals surface area contributed by atoms with Gasteiger partial charge in [0.15, 0.2) is 0 Å². The average Bonchev–Trinajstić information content (AvgIpc) is 3.03. The molecule has 1 amide bonds. The Morgan fingerprint density at radius 1 is 0.966 bits per heavy atom. The number of hydrogen-bond donors (Lipinski definition) is 0. The zero-order valence-electron chi connectivity index (χ0n) is 16.9. The van der Waals surface area contributed by atoms with Crippen molar-refractivity contribution in [1.29, 1.82) is 0 Å². The molecule has 0 aliphatic carbocycles. The molecule has 2 aromatic rings. The van der Waals surface area contributed by atoms with E-state index in [0.717, 1.165) is 49.8 Å². The number of hydrogen-bond acceptors (Lipinski definition) is 3. The van der Waals surface area contributed by atoms with Crippen molar-refractivity contribution in [1.82, 2.24) is 4.31 Å². The standard InChI is InChI=1S/C23H28N2O3S/c1-18-13-14-19-9-4-5-12-22(19)25(18)23(26)20-10-8-11-21(17-20)29(27,28)24-15-6-2-3-7-16-24/h4-5,8-12,17-18H,2-3,6-7,13-16H2,1H3. The Hall–Kier alpha value is -2.18. The van der Waals surface area contributed by atoms with Crippen LogP contribution in [0.15, 0.2) is 53.4 Å². The monoisotopic (exact) mass is 412 g/mol. The molecular weight excluding hydrogens is 384 g/mol. The molecule has 0 radical (unpaired) electrons. The van der Waals surface area contributed by atoms with Crippen LogP contribution in [0.4, 0.5) is 5.69 Å². The van der Waals surface area contributed by atoms with Crippen molar-refractivity contribution in [2.75, 3.05) is 18.0 Å². The summed E-state index contributed by atoms with van der Waals surface area (Å²) in [5.74, 6) is -0.141. The van der Waals surface area contributed by atoms with Crippen molar-refractivity contribution >= 4 is 21.6 Å². The number of amides is 1. The van der Waals surface area contributed by atoms with Gasteiger partial charge in [-0.2, -0.15) is 4.31 Å². The molecule has 2 heterocycles. The molecule has 1 unspecified atom stereocenters. The Bertz CT molecular complexity index is 995. The first-order valence-electron chi connectivity index (χ1n) is 10.5. The Morgan fingerprint density at radius 3 is 2.45 bits per heavy atom. The number of benzene rings is 2. The second-order valence-electron chi connectivity index (χ2n) is 8.04. The van der Waals surface area contributed by atoms with Crippen LogP contribution in [0.1, 0.15) is 54.9 Å². The summed E-state index contributed by atoms with van der Waals surface area (Å²) in [6, 6.07) is 14.6. The van der Waals surface area contributed by atoms with E-state index in [2.05, 4.69) is 6.07 Å². The molecule has 2 aliphatic heterocycles. The summed E-state index contributed by atoms with van der Waals surface area (Å²) in [6.07, 6.45) is 5.76. The Balaban J connectivity index is 1.66. The minimum Gasteiger partial charge on any atom is -0.305 e. The van der Waals surface area contributed by atoms with E-state index >= 15 is 0 Å². The summed E-state index contributed by atoms with van der Waals surface area (Å²) in [5, 5.41) is 0. The summed E-state index contributed by atoms with van der Waals surface area (Å²) in [7, 11) is -3.58. The molecule has 1 saturated heterocycles. The van der Waals surface area contributed by atoms with Crippen molar-refractivity contribution in [2.24, 2.45) is 0 Å². The van der Waals surface area contributed by atoms with Gasteiger partial charge in [0.1, 0.15) is 0 Å². The Labute approximate surface area is 173 Å². The van der Waals surface area contributed by atoms with Crippen LogP contribution in [0.5, 0.6) is 0 Å². The maximum absolute atomic E-state index is 13.4. The van der Waals surface area contributed by atoms with Crippen LogP contribution in [-0.2, 0) is 16.4 Å². The van der Waals surface area contributed by atoms with Gasteiger partial charge in [0.25, 0.3) is 5.91 Å². The average molecular weight is 413 g/mol. The number of sulfonamides is 1. The molecule has 29 heavy (non-hydrogen) atoms. The molecule has 154 valence electrons. The van der Waals surface area contributed by atoms with Gasteiger partial charge < -0.3 is 4.90 Å². The molecule has 0 aromatic heterocycles. The quantitative estimate of drug-likeness (QED) is 0.758. The van der Waals surface area contributed by atoms with Crippen molar-refractivity contribution in [3.8, 4) is 0 Å². The predicted octanol–water partition coefficient (Wildman–Crippen LogP) is 4.23. The van der Waals surface area contributed by atoms with E-state index in [1.807, 2.05) is 30.0 Å². The number of anilines is 1. The number of fused-ring (bicyclic) bond motifs is 1. The highest BCUT2D eigenvalue weighted by Gasteiger charge is 2.30. The highest BCUT2D eigenvalue weighted by Crippen LogP contribution is 2.32. The van der Waals surface area contributed by atoms with Gasteiger partial charge in [0.2, 0.25) is 10.0 Å². The number of nitrogens with zero attached hydrogens (tertiary/aromatic N) is 2. The van der Waals surface area contributed by atoms with Crippen LogP contribution < -0.4 is 4.90 Å². The van der Waals surface area contributed by atoms with Crippen LogP contribution in [0.3, 0.4) is 0 Å². The third kappa shape index (κ3) is 3.96. The van der Waals surface area contributed by atoms with Gasteiger partial charge in [-0.05, 0) is 62.4 Å². The fourth-order valence-electron chi connectivity index (χ4n) is 4.36. The molecule has 6 heteroatoms. The second-order valence-corrected chi connectivity index (χ2v) is 9.98. The van der Waals surface area contributed by atoms with E-state index in [1.54, 1.807) is 28.6 Å². The molecule has 0 bridgehead atoms. The molecule has 0 spiro atoms. The van der Waals surface area contributed by atoms with Gasteiger partial charge in [-0.25, -0.2) is 8.42 Å². The second kappa shape index (κ2) is 8.28. The van der Waals surface area contributed by atoms with Crippen molar-refractivity contribution in [3.63, 3.8) is 0 Å². The van der Waals surface area contributed by atoms with E-state index in [1.165, 1.54) is 0 Å². The molecule has 2 aromatic carbocycles. The lowest BCUT2D eigenvalue weighted by Crippen LogP contribution is -2.42. The predicted molar refractivity (Wildman–Crippen MR) is 115 cm³/mol. The fourth-order valence-corrected chi connectivity index (χ4v) is 5.92. The zero-order chi connectivity index (χ0) is 20.4. The van der Waals surface area contributed by atoms with Crippen molar-refractivity contribution < 1.29 is 13.2 Å². The van der Waals surface area contributed by atoms with Gasteiger partial charge in [-0.3, -0.25) is 4.79 Å².